The molecule has 1 heterocycles. The molecule has 0 unspecified atom stereocenters. The SMILES string of the molecule is CC(C)(CO)CNC(=O)c1ccn(-c2ccccc2N)n1. The maximum atomic E-state index is 12.0. The molecule has 2 aromatic rings. The molecule has 0 aliphatic heterocycles. The Morgan fingerprint density at radius 3 is 2.76 bits per heavy atom. The van der Waals surface area contributed by atoms with Crippen LogP contribution in [0.4, 0.5) is 5.69 Å². The molecular weight excluding hydrogens is 268 g/mol. The number of benzene rings is 1. The number of nitrogens with zero attached hydrogens (tertiary/aromatic N) is 2. The number of anilines is 1. The van der Waals surface area contributed by atoms with Crippen LogP contribution in [0.3, 0.4) is 0 Å². The fourth-order valence-corrected chi connectivity index (χ4v) is 1.74. The van der Waals surface area contributed by atoms with Crippen molar-refractivity contribution in [3.63, 3.8) is 0 Å². The summed E-state index contributed by atoms with van der Waals surface area (Å²) in [5.74, 6) is -0.273. The van der Waals surface area contributed by atoms with Gasteiger partial charge in [-0.3, -0.25) is 4.79 Å². The monoisotopic (exact) mass is 288 g/mol. The lowest BCUT2D eigenvalue weighted by atomic mass is 9.95. The molecule has 112 valence electrons. The van der Waals surface area contributed by atoms with Crippen LogP contribution in [0.2, 0.25) is 0 Å². The maximum absolute atomic E-state index is 12.0. The Morgan fingerprint density at radius 1 is 1.38 bits per heavy atom. The van der Waals surface area contributed by atoms with E-state index in [1.54, 1.807) is 23.0 Å². The summed E-state index contributed by atoms with van der Waals surface area (Å²) in [6.45, 7) is 4.12. The first-order valence-electron chi connectivity index (χ1n) is 6.72. The summed E-state index contributed by atoms with van der Waals surface area (Å²) in [6.07, 6.45) is 1.69. The van der Waals surface area contributed by atoms with Gasteiger partial charge in [-0.2, -0.15) is 5.10 Å². The van der Waals surface area contributed by atoms with Crippen molar-refractivity contribution in [1.29, 1.82) is 0 Å². The summed E-state index contributed by atoms with van der Waals surface area (Å²) in [5.41, 5.74) is 7.16. The van der Waals surface area contributed by atoms with E-state index >= 15 is 0 Å². The van der Waals surface area contributed by atoms with Gasteiger partial charge in [0, 0.05) is 24.8 Å². The summed E-state index contributed by atoms with van der Waals surface area (Å²) < 4.78 is 1.57. The first-order valence-corrected chi connectivity index (χ1v) is 6.72. The van der Waals surface area contributed by atoms with Crippen molar-refractivity contribution >= 4 is 11.6 Å². The first kappa shape index (κ1) is 15.1. The first-order chi connectivity index (χ1) is 9.93. The van der Waals surface area contributed by atoms with Crippen molar-refractivity contribution in [3.05, 3.63) is 42.2 Å². The number of nitrogens with two attached hydrogens (primary N) is 1. The minimum Gasteiger partial charge on any atom is -0.397 e. The van der Waals surface area contributed by atoms with Crippen molar-refractivity contribution in [3.8, 4) is 5.69 Å². The van der Waals surface area contributed by atoms with E-state index in [1.807, 2.05) is 32.0 Å². The van der Waals surface area contributed by atoms with Crippen molar-refractivity contribution in [2.75, 3.05) is 18.9 Å². The van der Waals surface area contributed by atoms with Crippen LogP contribution in [0.1, 0.15) is 24.3 Å². The van der Waals surface area contributed by atoms with E-state index in [2.05, 4.69) is 10.4 Å². The third-order valence-electron chi connectivity index (χ3n) is 3.16. The summed E-state index contributed by atoms with van der Waals surface area (Å²) in [5, 5.41) is 16.2. The van der Waals surface area contributed by atoms with E-state index in [9.17, 15) is 9.90 Å². The molecule has 6 nitrogen and oxygen atoms in total. The summed E-state index contributed by atoms with van der Waals surface area (Å²) in [7, 11) is 0. The highest BCUT2D eigenvalue weighted by molar-refractivity contribution is 5.92. The minimum absolute atomic E-state index is 0.00225. The number of aromatic nitrogens is 2. The normalized spacial score (nSPS) is 11.4. The van der Waals surface area contributed by atoms with Gasteiger partial charge in [0.2, 0.25) is 0 Å². The standard InChI is InChI=1S/C15H20N4O2/c1-15(2,10-20)9-17-14(21)12-7-8-19(18-12)13-6-4-3-5-11(13)16/h3-8,20H,9-10,16H2,1-2H3,(H,17,21). The van der Waals surface area contributed by atoms with Gasteiger partial charge < -0.3 is 16.2 Å². The topological polar surface area (TPSA) is 93.2 Å². The zero-order valence-corrected chi connectivity index (χ0v) is 12.2. The molecule has 0 saturated heterocycles. The molecule has 0 radical (unpaired) electrons. The Morgan fingerprint density at radius 2 is 2.10 bits per heavy atom. The third kappa shape index (κ3) is 3.61. The van der Waals surface area contributed by atoms with Crippen LogP contribution in [-0.4, -0.2) is 33.9 Å². The fraction of sp³-hybridized carbons (Fsp3) is 0.333. The number of para-hydroxylation sites is 2. The molecule has 0 atom stereocenters. The van der Waals surface area contributed by atoms with Crippen LogP contribution in [0.15, 0.2) is 36.5 Å². The van der Waals surface area contributed by atoms with Gasteiger partial charge in [-0.25, -0.2) is 4.68 Å². The van der Waals surface area contributed by atoms with E-state index in [-0.39, 0.29) is 17.9 Å². The van der Waals surface area contributed by atoms with Crippen LogP contribution in [-0.2, 0) is 0 Å². The predicted octanol–water partition coefficient (Wildman–Crippen LogP) is 1.20. The molecule has 2 rings (SSSR count). The van der Waals surface area contributed by atoms with Gasteiger partial charge in [-0.1, -0.05) is 26.0 Å². The zero-order valence-electron chi connectivity index (χ0n) is 12.2. The second kappa shape index (κ2) is 5.97. The molecule has 0 fully saturated rings. The van der Waals surface area contributed by atoms with Crippen LogP contribution < -0.4 is 11.1 Å². The number of nitrogen functional groups attached to an aromatic ring is 1. The highest BCUT2D eigenvalue weighted by atomic mass is 16.3. The number of nitrogens with one attached hydrogen (secondary N) is 1. The van der Waals surface area contributed by atoms with Crippen molar-refractivity contribution in [1.82, 2.24) is 15.1 Å². The van der Waals surface area contributed by atoms with Gasteiger partial charge in [0.1, 0.15) is 0 Å². The molecule has 0 aliphatic carbocycles. The average molecular weight is 288 g/mol. The molecule has 1 aromatic heterocycles. The number of carbonyl (C=O) groups is 1. The number of rotatable bonds is 5. The van der Waals surface area contributed by atoms with E-state index in [1.165, 1.54) is 0 Å². The third-order valence-corrected chi connectivity index (χ3v) is 3.16. The second-order valence-electron chi connectivity index (χ2n) is 5.71. The largest absolute Gasteiger partial charge is 0.397 e. The lowest BCUT2D eigenvalue weighted by molar-refractivity contribution is 0.0905. The lowest BCUT2D eigenvalue weighted by Gasteiger charge is -2.21. The van der Waals surface area contributed by atoms with E-state index in [4.69, 9.17) is 5.73 Å². The molecule has 4 N–H and O–H groups in total. The Bertz CT molecular complexity index is 634. The Kier molecular flexibility index (Phi) is 4.28. The van der Waals surface area contributed by atoms with Gasteiger partial charge in [0.15, 0.2) is 5.69 Å². The van der Waals surface area contributed by atoms with Crippen molar-refractivity contribution in [2.24, 2.45) is 5.41 Å². The molecule has 0 saturated carbocycles. The Labute approximate surface area is 123 Å². The highest BCUT2D eigenvalue weighted by Crippen LogP contribution is 2.16. The molecule has 0 spiro atoms. The predicted molar refractivity (Wildman–Crippen MR) is 81.2 cm³/mol. The van der Waals surface area contributed by atoms with Crippen LogP contribution in [0.25, 0.3) is 5.69 Å². The van der Waals surface area contributed by atoms with Crippen molar-refractivity contribution < 1.29 is 9.90 Å². The number of hydrogen-bond acceptors (Lipinski definition) is 4. The molecule has 1 aromatic carbocycles. The molecule has 0 aliphatic rings. The van der Waals surface area contributed by atoms with Crippen molar-refractivity contribution in [2.45, 2.75) is 13.8 Å². The fourth-order valence-electron chi connectivity index (χ4n) is 1.74. The number of aliphatic hydroxyl groups excluding tert-OH is 1. The van der Waals surface area contributed by atoms with Crippen LogP contribution >= 0.6 is 0 Å². The van der Waals surface area contributed by atoms with Crippen LogP contribution in [0.5, 0.6) is 0 Å². The van der Waals surface area contributed by atoms with Gasteiger partial charge in [-0.05, 0) is 18.2 Å². The highest BCUT2D eigenvalue weighted by Gasteiger charge is 2.19. The molecule has 1 amide bonds. The van der Waals surface area contributed by atoms with E-state index in [0.29, 0.717) is 17.9 Å². The van der Waals surface area contributed by atoms with Gasteiger partial charge >= 0.3 is 0 Å². The number of carbonyl (C=O) groups excluding carboxylic acids is 1. The average Bonchev–Trinajstić information content (AvgIpc) is 2.95. The molecular formula is C15H20N4O2. The quantitative estimate of drug-likeness (QED) is 0.721. The van der Waals surface area contributed by atoms with Gasteiger partial charge in [0.05, 0.1) is 11.4 Å². The number of amides is 1. The summed E-state index contributed by atoms with van der Waals surface area (Å²) >= 11 is 0. The van der Waals surface area contributed by atoms with Gasteiger partial charge in [-0.15, -0.1) is 0 Å². The van der Waals surface area contributed by atoms with Gasteiger partial charge in [0.25, 0.3) is 5.91 Å². The molecule has 21 heavy (non-hydrogen) atoms. The summed E-state index contributed by atoms with van der Waals surface area (Å²) in [4.78, 5) is 12.0. The summed E-state index contributed by atoms with van der Waals surface area (Å²) in [6, 6.07) is 8.94. The molecule has 6 heteroatoms. The minimum atomic E-state index is -0.359. The number of aliphatic hydroxyl groups is 1. The zero-order chi connectivity index (χ0) is 15.5. The Hall–Kier alpha value is -2.34. The maximum Gasteiger partial charge on any atom is 0.271 e. The lowest BCUT2D eigenvalue weighted by Crippen LogP contribution is -2.36. The molecule has 0 bridgehead atoms. The Balaban J connectivity index is 2.10. The van der Waals surface area contributed by atoms with E-state index in [0.717, 1.165) is 5.69 Å². The second-order valence-corrected chi connectivity index (χ2v) is 5.71. The smallest absolute Gasteiger partial charge is 0.271 e. The number of hydrogen-bond donors (Lipinski definition) is 3. The van der Waals surface area contributed by atoms with Crippen LogP contribution in [0, 0.1) is 5.41 Å². The van der Waals surface area contributed by atoms with E-state index < -0.39 is 0 Å².